The number of hydrogen-bond acceptors (Lipinski definition) is 6. The maximum atomic E-state index is 10.6. The van der Waals surface area contributed by atoms with Crippen LogP contribution in [0.25, 0.3) is 0 Å². The number of piperidine rings is 1. The zero-order valence-electron chi connectivity index (χ0n) is 9.92. The number of nitrogens with zero attached hydrogens (tertiary/aromatic N) is 3. The van der Waals surface area contributed by atoms with Crippen LogP contribution in [0, 0.1) is 15.5 Å². The molecule has 6 nitrogen and oxygen atoms in total. The molecule has 1 aromatic heterocycles. The molecular weight excluding hydrogens is 240 g/mol. The Hall–Kier alpha value is -1.21. The summed E-state index contributed by atoms with van der Waals surface area (Å²) in [5.41, 5.74) is 6.07. The van der Waals surface area contributed by atoms with Crippen molar-refractivity contribution in [1.29, 1.82) is 0 Å². The highest BCUT2D eigenvalue weighted by Crippen LogP contribution is 2.34. The SMILES string of the molecule is CC1(C)CN(c2ncc([N+](=O)[O-])s2)CCC1N. The fourth-order valence-corrected chi connectivity index (χ4v) is 2.78. The molecule has 1 saturated heterocycles. The Kier molecular flexibility index (Phi) is 3.05. The summed E-state index contributed by atoms with van der Waals surface area (Å²) in [6, 6.07) is 0.175. The van der Waals surface area contributed by atoms with E-state index in [9.17, 15) is 10.1 Å². The molecule has 2 N–H and O–H groups in total. The monoisotopic (exact) mass is 256 g/mol. The summed E-state index contributed by atoms with van der Waals surface area (Å²) < 4.78 is 0. The van der Waals surface area contributed by atoms with Gasteiger partial charge < -0.3 is 10.6 Å². The fraction of sp³-hybridized carbons (Fsp3) is 0.700. The van der Waals surface area contributed by atoms with E-state index in [2.05, 4.69) is 23.7 Å². The average molecular weight is 256 g/mol. The number of nitrogens with two attached hydrogens (primary N) is 1. The van der Waals surface area contributed by atoms with Crippen molar-refractivity contribution >= 4 is 21.5 Å². The maximum absolute atomic E-state index is 10.6. The Morgan fingerprint density at radius 1 is 1.71 bits per heavy atom. The molecule has 2 heterocycles. The van der Waals surface area contributed by atoms with E-state index in [1.54, 1.807) is 0 Å². The highest BCUT2D eigenvalue weighted by atomic mass is 32.1. The minimum atomic E-state index is -0.401. The topological polar surface area (TPSA) is 85.3 Å². The van der Waals surface area contributed by atoms with Gasteiger partial charge in [0.1, 0.15) is 6.20 Å². The summed E-state index contributed by atoms with van der Waals surface area (Å²) in [4.78, 5) is 16.4. The molecule has 2 rings (SSSR count). The summed E-state index contributed by atoms with van der Waals surface area (Å²) in [7, 11) is 0. The van der Waals surface area contributed by atoms with Gasteiger partial charge in [-0.1, -0.05) is 13.8 Å². The molecule has 17 heavy (non-hydrogen) atoms. The summed E-state index contributed by atoms with van der Waals surface area (Å²) >= 11 is 1.12. The van der Waals surface area contributed by atoms with Crippen LogP contribution in [0.4, 0.5) is 10.1 Å². The lowest BCUT2D eigenvalue weighted by molar-refractivity contribution is -0.380. The van der Waals surface area contributed by atoms with Gasteiger partial charge in [0.2, 0.25) is 0 Å². The first-order valence-corrected chi connectivity index (χ1v) is 6.32. The Bertz CT molecular complexity index is 432. The van der Waals surface area contributed by atoms with Crippen molar-refractivity contribution in [1.82, 2.24) is 4.98 Å². The number of nitro groups is 1. The highest BCUT2D eigenvalue weighted by Gasteiger charge is 2.34. The summed E-state index contributed by atoms with van der Waals surface area (Å²) in [5.74, 6) is 0. The number of aromatic nitrogens is 1. The Balaban J connectivity index is 2.15. The molecule has 0 aromatic carbocycles. The van der Waals surface area contributed by atoms with E-state index in [1.165, 1.54) is 6.20 Å². The summed E-state index contributed by atoms with van der Waals surface area (Å²) in [6.45, 7) is 5.84. The molecule has 94 valence electrons. The van der Waals surface area contributed by atoms with E-state index in [0.29, 0.717) is 0 Å². The van der Waals surface area contributed by atoms with E-state index >= 15 is 0 Å². The average Bonchev–Trinajstić information content (AvgIpc) is 2.71. The first-order chi connectivity index (χ1) is 7.90. The second-order valence-electron chi connectivity index (χ2n) is 5.04. The van der Waals surface area contributed by atoms with Crippen LogP contribution in [0.1, 0.15) is 20.3 Å². The second-order valence-corrected chi connectivity index (χ2v) is 6.03. The first-order valence-electron chi connectivity index (χ1n) is 5.51. The van der Waals surface area contributed by atoms with Gasteiger partial charge in [0.15, 0.2) is 5.13 Å². The molecule has 7 heteroatoms. The third-order valence-electron chi connectivity index (χ3n) is 3.24. The third kappa shape index (κ3) is 2.39. The van der Waals surface area contributed by atoms with Crippen molar-refractivity contribution in [3.05, 3.63) is 16.3 Å². The van der Waals surface area contributed by atoms with E-state index < -0.39 is 4.92 Å². The molecule has 0 radical (unpaired) electrons. The van der Waals surface area contributed by atoms with Crippen LogP contribution in [0.5, 0.6) is 0 Å². The molecule has 1 aliphatic rings. The van der Waals surface area contributed by atoms with Gasteiger partial charge in [0.05, 0.1) is 4.92 Å². The quantitative estimate of drug-likeness (QED) is 0.642. The molecular formula is C10H16N4O2S. The molecule has 0 saturated carbocycles. The van der Waals surface area contributed by atoms with Crippen molar-refractivity contribution in [2.24, 2.45) is 11.1 Å². The van der Waals surface area contributed by atoms with Gasteiger partial charge in [-0.15, -0.1) is 0 Å². The van der Waals surface area contributed by atoms with E-state index in [4.69, 9.17) is 5.73 Å². The van der Waals surface area contributed by atoms with Crippen molar-refractivity contribution in [3.8, 4) is 0 Å². The summed E-state index contributed by atoms with van der Waals surface area (Å²) in [5, 5.41) is 11.4. The molecule has 1 unspecified atom stereocenters. The van der Waals surface area contributed by atoms with Crippen molar-refractivity contribution in [3.63, 3.8) is 0 Å². The molecule has 1 aliphatic heterocycles. The van der Waals surface area contributed by atoms with Crippen LogP contribution in [-0.4, -0.2) is 29.0 Å². The van der Waals surface area contributed by atoms with Crippen LogP contribution >= 0.6 is 11.3 Å². The standard InChI is InChI=1S/C10H16N4O2S/c1-10(2)6-13(4-3-7(10)11)9-12-5-8(17-9)14(15)16/h5,7H,3-4,6,11H2,1-2H3. The van der Waals surface area contributed by atoms with Gasteiger partial charge in [-0.05, 0) is 23.2 Å². The maximum Gasteiger partial charge on any atom is 0.345 e. The molecule has 0 bridgehead atoms. The van der Waals surface area contributed by atoms with Crippen LogP contribution < -0.4 is 10.6 Å². The minimum absolute atomic E-state index is 0.0126. The Labute approximate surface area is 104 Å². The normalized spacial score (nSPS) is 23.7. The molecule has 0 amide bonds. The van der Waals surface area contributed by atoms with Crippen molar-refractivity contribution < 1.29 is 4.92 Å². The number of rotatable bonds is 2. The fourth-order valence-electron chi connectivity index (χ4n) is 2.02. The Morgan fingerprint density at radius 3 is 2.94 bits per heavy atom. The lowest BCUT2D eigenvalue weighted by Crippen LogP contribution is -2.52. The highest BCUT2D eigenvalue weighted by molar-refractivity contribution is 7.18. The number of anilines is 1. The smallest absolute Gasteiger partial charge is 0.345 e. The molecule has 1 atom stereocenters. The second kappa shape index (κ2) is 4.23. The van der Waals surface area contributed by atoms with E-state index in [1.807, 2.05) is 0 Å². The minimum Gasteiger partial charge on any atom is -0.347 e. The van der Waals surface area contributed by atoms with E-state index in [0.717, 1.165) is 36.0 Å². The van der Waals surface area contributed by atoms with Gasteiger partial charge in [0.25, 0.3) is 0 Å². The molecule has 1 aromatic rings. The van der Waals surface area contributed by atoms with Gasteiger partial charge in [0, 0.05) is 19.1 Å². The van der Waals surface area contributed by atoms with Gasteiger partial charge in [-0.25, -0.2) is 4.98 Å². The van der Waals surface area contributed by atoms with Crippen molar-refractivity contribution in [2.75, 3.05) is 18.0 Å². The van der Waals surface area contributed by atoms with Crippen LogP contribution in [0.2, 0.25) is 0 Å². The van der Waals surface area contributed by atoms with Crippen LogP contribution in [0.3, 0.4) is 0 Å². The van der Waals surface area contributed by atoms with Crippen LogP contribution in [-0.2, 0) is 0 Å². The van der Waals surface area contributed by atoms with Crippen molar-refractivity contribution in [2.45, 2.75) is 26.3 Å². The molecule has 1 fully saturated rings. The zero-order chi connectivity index (χ0) is 12.6. The lowest BCUT2D eigenvalue weighted by Gasteiger charge is -2.42. The van der Waals surface area contributed by atoms with Gasteiger partial charge >= 0.3 is 5.00 Å². The molecule has 0 spiro atoms. The van der Waals surface area contributed by atoms with E-state index in [-0.39, 0.29) is 16.5 Å². The predicted molar refractivity (Wildman–Crippen MR) is 67.4 cm³/mol. The molecule has 0 aliphatic carbocycles. The lowest BCUT2D eigenvalue weighted by atomic mass is 9.80. The van der Waals surface area contributed by atoms with Crippen LogP contribution in [0.15, 0.2) is 6.20 Å². The Morgan fingerprint density at radius 2 is 2.41 bits per heavy atom. The first kappa shape index (κ1) is 12.3. The van der Waals surface area contributed by atoms with Gasteiger partial charge in [-0.2, -0.15) is 0 Å². The number of thiazole rings is 1. The zero-order valence-corrected chi connectivity index (χ0v) is 10.7. The summed E-state index contributed by atoms with van der Waals surface area (Å²) in [6.07, 6.45) is 2.21. The van der Waals surface area contributed by atoms with Gasteiger partial charge in [-0.3, -0.25) is 10.1 Å². The predicted octanol–water partition coefficient (Wildman–Crippen LogP) is 1.61. The third-order valence-corrected chi connectivity index (χ3v) is 4.25. The largest absolute Gasteiger partial charge is 0.347 e. The number of hydrogen-bond donors (Lipinski definition) is 1.